The number of hydrogen-bond donors (Lipinski definition) is 0. The van der Waals surface area contributed by atoms with Crippen LogP contribution in [-0.2, 0) is 0 Å². The lowest BCUT2D eigenvalue weighted by atomic mass is 10.0. The zero-order chi connectivity index (χ0) is 11.3. The van der Waals surface area contributed by atoms with Crippen LogP contribution in [0.15, 0.2) is 39.8 Å². The lowest BCUT2D eigenvalue weighted by Gasteiger charge is -2.22. The molecule has 0 radical (unpaired) electrons. The highest BCUT2D eigenvalue weighted by molar-refractivity contribution is 8.14. The van der Waals surface area contributed by atoms with Gasteiger partial charge in [-0.1, -0.05) is 18.2 Å². The van der Waals surface area contributed by atoms with Gasteiger partial charge in [0, 0.05) is 4.91 Å². The number of allylic oxidation sites excluding steroid dienone is 1. The second-order valence-corrected chi connectivity index (χ2v) is 7.62. The van der Waals surface area contributed by atoms with Crippen molar-refractivity contribution in [2.45, 2.75) is 36.8 Å². The number of hydrogen-bond acceptors (Lipinski definition) is 3. The zero-order valence-corrected chi connectivity index (χ0v) is 11.4. The Morgan fingerprint density at radius 2 is 2.06 bits per heavy atom. The number of nitrogens with zero attached hydrogens (tertiary/aromatic N) is 1. The van der Waals surface area contributed by atoms with E-state index in [4.69, 9.17) is 0 Å². The molecule has 0 amide bonds. The van der Waals surface area contributed by atoms with Crippen LogP contribution >= 0.6 is 23.5 Å². The maximum Gasteiger partial charge on any atom is 0.0860 e. The van der Waals surface area contributed by atoms with Gasteiger partial charge in [0.25, 0.3) is 0 Å². The second-order valence-electron chi connectivity index (χ2n) is 4.72. The van der Waals surface area contributed by atoms with E-state index in [1.54, 1.807) is 0 Å². The van der Waals surface area contributed by atoms with Crippen molar-refractivity contribution in [2.24, 2.45) is 4.99 Å². The number of rotatable bonds is 2. The van der Waals surface area contributed by atoms with Gasteiger partial charge >= 0.3 is 0 Å². The minimum absolute atomic E-state index is 0.276. The Labute approximate surface area is 105 Å². The van der Waals surface area contributed by atoms with E-state index in [0.29, 0.717) is 11.3 Å². The van der Waals surface area contributed by atoms with Gasteiger partial charge in [-0.15, -0.1) is 23.5 Å². The number of fused-ring (bicyclic) bond motifs is 1. The molecule has 0 aromatic rings. The SMILES string of the molecule is CC1=CC2SC(C)=NC2C=C1SC1(C)C=C1. The molecule has 0 aromatic heterocycles. The highest BCUT2D eigenvalue weighted by Gasteiger charge is 2.34. The molecule has 1 aliphatic heterocycles. The van der Waals surface area contributed by atoms with Crippen LogP contribution in [0.4, 0.5) is 0 Å². The molecule has 0 N–H and O–H groups in total. The van der Waals surface area contributed by atoms with E-state index in [9.17, 15) is 0 Å². The van der Waals surface area contributed by atoms with Crippen LogP contribution < -0.4 is 0 Å². The van der Waals surface area contributed by atoms with E-state index in [0.717, 1.165) is 0 Å². The first-order valence-electron chi connectivity index (χ1n) is 5.57. The monoisotopic (exact) mass is 249 g/mol. The van der Waals surface area contributed by atoms with Crippen LogP contribution in [0, 0.1) is 0 Å². The normalized spacial score (nSPS) is 34.1. The smallest absolute Gasteiger partial charge is 0.0860 e. The Balaban J connectivity index is 1.82. The fourth-order valence-corrected chi connectivity index (χ4v) is 4.24. The molecule has 2 unspecified atom stereocenters. The maximum absolute atomic E-state index is 4.67. The number of aliphatic imine (C=N–C) groups is 1. The van der Waals surface area contributed by atoms with Crippen LogP contribution in [0.2, 0.25) is 0 Å². The minimum Gasteiger partial charge on any atom is -0.274 e. The first-order valence-corrected chi connectivity index (χ1v) is 7.26. The molecule has 2 atom stereocenters. The summed E-state index contributed by atoms with van der Waals surface area (Å²) >= 11 is 3.84. The molecular formula is C13H15NS2. The lowest BCUT2D eigenvalue weighted by molar-refractivity contribution is 0.850. The van der Waals surface area contributed by atoms with Crippen molar-refractivity contribution >= 4 is 28.6 Å². The molecule has 2 aliphatic carbocycles. The fraction of sp³-hybridized carbons (Fsp3) is 0.462. The van der Waals surface area contributed by atoms with Crippen molar-refractivity contribution in [1.29, 1.82) is 0 Å². The molecule has 16 heavy (non-hydrogen) atoms. The Bertz CT molecular complexity index is 451. The molecule has 1 heterocycles. The molecule has 3 aliphatic rings. The highest BCUT2D eigenvalue weighted by atomic mass is 32.2. The third-order valence-electron chi connectivity index (χ3n) is 3.07. The summed E-state index contributed by atoms with van der Waals surface area (Å²) in [5.41, 5.74) is 1.42. The van der Waals surface area contributed by atoms with Gasteiger partial charge in [-0.2, -0.15) is 0 Å². The molecule has 0 bridgehead atoms. The Morgan fingerprint density at radius 1 is 1.31 bits per heavy atom. The largest absolute Gasteiger partial charge is 0.274 e. The quantitative estimate of drug-likeness (QED) is 0.690. The third kappa shape index (κ3) is 1.91. The molecule has 0 saturated carbocycles. The van der Waals surface area contributed by atoms with E-state index in [2.05, 4.69) is 50.1 Å². The van der Waals surface area contributed by atoms with Gasteiger partial charge in [0.15, 0.2) is 0 Å². The minimum atomic E-state index is 0.276. The molecule has 0 aromatic carbocycles. The fourth-order valence-electron chi connectivity index (χ4n) is 2.00. The van der Waals surface area contributed by atoms with E-state index < -0.39 is 0 Å². The lowest BCUT2D eigenvalue weighted by Crippen LogP contribution is -2.18. The average Bonchev–Trinajstić information content (AvgIpc) is 2.80. The maximum atomic E-state index is 4.67. The number of thioether (sulfide) groups is 2. The van der Waals surface area contributed by atoms with Gasteiger partial charge in [-0.3, -0.25) is 4.99 Å². The first kappa shape index (κ1) is 10.7. The molecule has 0 fully saturated rings. The predicted molar refractivity (Wildman–Crippen MR) is 75.3 cm³/mol. The van der Waals surface area contributed by atoms with E-state index in [-0.39, 0.29) is 4.75 Å². The van der Waals surface area contributed by atoms with Crippen LogP contribution in [0.3, 0.4) is 0 Å². The molecule has 1 nitrogen and oxygen atoms in total. The van der Waals surface area contributed by atoms with E-state index >= 15 is 0 Å². The second kappa shape index (κ2) is 3.54. The summed E-state index contributed by atoms with van der Waals surface area (Å²) < 4.78 is 0.276. The van der Waals surface area contributed by atoms with Gasteiger partial charge in [-0.05, 0) is 32.4 Å². The summed E-state index contributed by atoms with van der Waals surface area (Å²) in [7, 11) is 0. The van der Waals surface area contributed by atoms with Gasteiger partial charge in [0.1, 0.15) is 0 Å². The Morgan fingerprint density at radius 3 is 2.75 bits per heavy atom. The molecule has 3 heteroatoms. The van der Waals surface area contributed by atoms with Crippen molar-refractivity contribution in [3.05, 3.63) is 34.8 Å². The zero-order valence-electron chi connectivity index (χ0n) is 9.73. The summed E-state index contributed by atoms with van der Waals surface area (Å²) in [4.78, 5) is 6.08. The van der Waals surface area contributed by atoms with Crippen LogP contribution in [0.1, 0.15) is 20.8 Å². The van der Waals surface area contributed by atoms with Gasteiger partial charge in [0.2, 0.25) is 0 Å². The van der Waals surface area contributed by atoms with Gasteiger partial charge in [0.05, 0.1) is 21.1 Å². The highest BCUT2D eigenvalue weighted by Crippen LogP contribution is 2.47. The predicted octanol–water partition coefficient (Wildman–Crippen LogP) is 3.79. The molecular weight excluding hydrogens is 234 g/mol. The molecule has 3 rings (SSSR count). The summed E-state index contributed by atoms with van der Waals surface area (Å²) in [5.74, 6) is 0. The van der Waals surface area contributed by atoms with Crippen LogP contribution in [0.25, 0.3) is 0 Å². The first-order chi connectivity index (χ1) is 7.56. The Kier molecular flexibility index (Phi) is 2.37. The summed E-state index contributed by atoms with van der Waals surface area (Å²) in [6, 6.07) is 0.374. The van der Waals surface area contributed by atoms with Crippen molar-refractivity contribution in [3.63, 3.8) is 0 Å². The van der Waals surface area contributed by atoms with E-state index in [1.807, 2.05) is 23.5 Å². The Hall–Kier alpha value is -0.410. The summed E-state index contributed by atoms with van der Waals surface area (Å²) in [6.07, 6.45) is 9.24. The third-order valence-corrected chi connectivity index (χ3v) is 5.59. The molecule has 84 valence electrons. The van der Waals surface area contributed by atoms with Crippen molar-refractivity contribution < 1.29 is 0 Å². The van der Waals surface area contributed by atoms with Crippen molar-refractivity contribution in [1.82, 2.24) is 0 Å². The average molecular weight is 249 g/mol. The van der Waals surface area contributed by atoms with Crippen LogP contribution in [-0.4, -0.2) is 21.1 Å². The summed E-state index contributed by atoms with van der Waals surface area (Å²) in [6.45, 7) is 6.58. The standard InChI is InChI=1S/C13H15NS2/c1-8-6-12-10(14-9(2)15-12)7-11(8)16-13(3)4-5-13/h4-7,10,12H,1-3H3. The molecule has 0 spiro atoms. The molecule has 0 saturated heterocycles. The topological polar surface area (TPSA) is 12.4 Å². The van der Waals surface area contributed by atoms with Crippen molar-refractivity contribution in [3.8, 4) is 0 Å². The summed E-state index contributed by atoms with van der Waals surface area (Å²) in [5, 5.41) is 1.77. The van der Waals surface area contributed by atoms with Crippen LogP contribution in [0.5, 0.6) is 0 Å². The van der Waals surface area contributed by atoms with Crippen molar-refractivity contribution in [2.75, 3.05) is 0 Å². The van der Waals surface area contributed by atoms with E-state index in [1.165, 1.54) is 15.5 Å². The van der Waals surface area contributed by atoms with Gasteiger partial charge in [-0.25, -0.2) is 0 Å². The van der Waals surface area contributed by atoms with Gasteiger partial charge < -0.3 is 0 Å².